The highest BCUT2D eigenvalue weighted by Crippen LogP contribution is 2.36. The van der Waals surface area contributed by atoms with Crippen LogP contribution >= 0.6 is 0 Å². The van der Waals surface area contributed by atoms with Crippen LogP contribution in [0.2, 0.25) is 0 Å². The lowest BCUT2D eigenvalue weighted by Crippen LogP contribution is -2.55. The van der Waals surface area contributed by atoms with Crippen LogP contribution in [0.1, 0.15) is 37.4 Å². The van der Waals surface area contributed by atoms with Gasteiger partial charge in [0.15, 0.2) is 0 Å². The summed E-state index contributed by atoms with van der Waals surface area (Å²) in [4.78, 5) is 30.8. The zero-order valence-corrected chi connectivity index (χ0v) is 15.2. The van der Waals surface area contributed by atoms with E-state index in [1.165, 1.54) is 10.5 Å². The smallest absolute Gasteiger partial charge is 0.313 e. The second kappa shape index (κ2) is 7.17. The van der Waals surface area contributed by atoms with Crippen molar-refractivity contribution in [3.8, 4) is 0 Å². The highest BCUT2D eigenvalue weighted by atomic mass is 16.4. The Kier molecular flexibility index (Phi) is 5.11. The minimum atomic E-state index is -1.16. The van der Waals surface area contributed by atoms with Crippen LogP contribution in [0.25, 0.3) is 5.65 Å². The molecule has 0 radical (unpaired) electrons. The second-order valence-corrected chi connectivity index (χ2v) is 7.20. The lowest BCUT2D eigenvalue weighted by Gasteiger charge is -2.43. The number of aliphatic hydroxyl groups is 1. The second-order valence-electron chi connectivity index (χ2n) is 7.20. The molecule has 140 valence electrons. The zero-order valence-electron chi connectivity index (χ0n) is 15.2. The summed E-state index contributed by atoms with van der Waals surface area (Å²) in [5.41, 5.74) is 0.839. The van der Waals surface area contributed by atoms with Gasteiger partial charge in [0.05, 0.1) is 11.8 Å². The molecule has 0 saturated carbocycles. The SMILES string of the molecule is CCC[C@]1(C(=O)O)CN(Cc2cc(=O)n3cccc(C)c3n2)CC[C@H]1O. The van der Waals surface area contributed by atoms with Gasteiger partial charge in [-0.1, -0.05) is 19.4 Å². The van der Waals surface area contributed by atoms with Gasteiger partial charge in [0.2, 0.25) is 0 Å². The number of likely N-dealkylation sites (tertiary alicyclic amines) is 1. The maximum absolute atomic E-state index is 12.4. The molecule has 1 aliphatic heterocycles. The maximum atomic E-state index is 12.4. The van der Waals surface area contributed by atoms with Gasteiger partial charge in [-0.2, -0.15) is 0 Å². The third-order valence-corrected chi connectivity index (χ3v) is 5.31. The van der Waals surface area contributed by atoms with Gasteiger partial charge in [0.25, 0.3) is 5.56 Å². The first-order valence-corrected chi connectivity index (χ1v) is 8.99. The number of aliphatic carboxylic acids is 1. The summed E-state index contributed by atoms with van der Waals surface area (Å²) in [6.45, 7) is 5.05. The Morgan fingerprint density at radius 3 is 2.92 bits per heavy atom. The molecule has 2 aromatic rings. The van der Waals surface area contributed by atoms with Crippen LogP contribution in [0.15, 0.2) is 29.2 Å². The molecule has 3 rings (SSSR count). The number of pyridine rings is 1. The molecule has 0 spiro atoms. The monoisotopic (exact) mass is 359 g/mol. The van der Waals surface area contributed by atoms with E-state index in [2.05, 4.69) is 4.98 Å². The topological polar surface area (TPSA) is 95.1 Å². The van der Waals surface area contributed by atoms with Crippen LogP contribution in [-0.2, 0) is 11.3 Å². The average molecular weight is 359 g/mol. The molecule has 0 bridgehead atoms. The number of aliphatic hydroxyl groups excluding tert-OH is 1. The van der Waals surface area contributed by atoms with Crippen LogP contribution in [-0.4, -0.2) is 49.7 Å². The highest BCUT2D eigenvalue weighted by molar-refractivity contribution is 5.76. The van der Waals surface area contributed by atoms with Crippen molar-refractivity contribution in [2.24, 2.45) is 5.41 Å². The molecule has 3 heterocycles. The number of rotatable bonds is 5. The molecule has 1 saturated heterocycles. The molecule has 1 aliphatic rings. The number of aryl methyl sites for hydroxylation is 1. The fourth-order valence-corrected chi connectivity index (χ4v) is 3.93. The van der Waals surface area contributed by atoms with Crippen molar-refractivity contribution < 1.29 is 15.0 Å². The van der Waals surface area contributed by atoms with Crippen LogP contribution in [0.5, 0.6) is 0 Å². The van der Waals surface area contributed by atoms with E-state index in [0.717, 1.165) is 5.56 Å². The minimum absolute atomic E-state index is 0.149. The van der Waals surface area contributed by atoms with E-state index in [-0.39, 0.29) is 12.1 Å². The molecular weight excluding hydrogens is 334 g/mol. The van der Waals surface area contributed by atoms with Gasteiger partial charge in [-0.3, -0.25) is 18.9 Å². The number of aromatic nitrogens is 2. The van der Waals surface area contributed by atoms with E-state index >= 15 is 0 Å². The van der Waals surface area contributed by atoms with Gasteiger partial charge < -0.3 is 10.2 Å². The molecule has 1 fully saturated rings. The Morgan fingerprint density at radius 1 is 1.46 bits per heavy atom. The molecule has 0 aromatic carbocycles. The van der Waals surface area contributed by atoms with Crippen LogP contribution in [0.4, 0.5) is 0 Å². The summed E-state index contributed by atoms with van der Waals surface area (Å²) in [5, 5.41) is 20.1. The first-order valence-electron chi connectivity index (χ1n) is 8.99. The summed E-state index contributed by atoms with van der Waals surface area (Å²) in [7, 11) is 0. The highest BCUT2D eigenvalue weighted by Gasteiger charge is 2.48. The van der Waals surface area contributed by atoms with Crippen molar-refractivity contribution in [3.63, 3.8) is 0 Å². The number of carboxylic acids is 1. The van der Waals surface area contributed by atoms with Crippen LogP contribution in [0.3, 0.4) is 0 Å². The Balaban J connectivity index is 1.89. The van der Waals surface area contributed by atoms with Gasteiger partial charge in [0.1, 0.15) is 11.1 Å². The number of nitrogens with zero attached hydrogens (tertiary/aromatic N) is 3. The number of carbonyl (C=O) groups is 1. The van der Waals surface area contributed by atoms with E-state index in [1.54, 1.807) is 6.20 Å². The molecule has 2 atom stereocenters. The number of fused-ring (bicyclic) bond motifs is 1. The molecule has 26 heavy (non-hydrogen) atoms. The third-order valence-electron chi connectivity index (χ3n) is 5.31. The Labute approximate surface area is 151 Å². The summed E-state index contributed by atoms with van der Waals surface area (Å²) >= 11 is 0. The number of hydrogen-bond donors (Lipinski definition) is 2. The van der Waals surface area contributed by atoms with E-state index in [1.807, 2.05) is 30.9 Å². The first-order chi connectivity index (χ1) is 12.4. The number of hydrogen-bond acceptors (Lipinski definition) is 5. The van der Waals surface area contributed by atoms with E-state index in [0.29, 0.717) is 43.7 Å². The van der Waals surface area contributed by atoms with Gasteiger partial charge in [-0.15, -0.1) is 0 Å². The van der Waals surface area contributed by atoms with Crippen LogP contribution < -0.4 is 5.56 Å². The van der Waals surface area contributed by atoms with Gasteiger partial charge in [-0.05, 0) is 31.4 Å². The molecule has 0 aliphatic carbocycles. The standard InChI is InChI=1S/C19H25N3O4/c1-3-7-19(18(25)26)12-21(9-6-15(19)23)11-14-10-16(24)22-8-4-5-13(2)17(22)20-14/h4-5,8,10,15,23H,3,6-7,9,11-12H2,1-2H3,(H,25,26)/t15-,19+/m1/s1. The van der Waals surface area contributed by atoms with E-state index in [9.17, 15) is 19.8 Å². The summed E-state index contributed by atoms with van der Waals surface area (Å²) in [6, 6.07) is 5.21. The Bertz CT molecular complexity index is 879. The summed E-state index contributed by atoms with van der Waals surface area (Å²) < 4.78 is 1.51. The molecular formula is C19H25N3O4. The van der Waals surface area contributed by atoms with E-state index < -0.39 is 17.5 Å². The van der Waals surface area contributed by atoms with Crippen molar-refractivity contribution in [3.05, 3.63) is 46.0 Å². The fraction of sp³-hybridized carbons (Fsp3) is 0.526. The first kappa shape index (κ1) is 18.5. The molecule has 7 nitrogen and oxygen atoms in total. The quantitative estimate of drug-likeness (QED) is 0.839. The summed E-state index contributed by atoms with van der Waals surface area (Å²) in [5.74, 6) is -0.959. The van der Waals surface area contributed by atoms with Gasteiger partial charge >= 0.3 is 5.97 Å². The van der Waals surface area contributed by atoms with Crippen LogP contribution in [0, 0.1) is 12.3 Å². The lowest BCUT2D eigenvalue weighted by atomic mass is 9.74. The average Bonchev–Trinajstić information content (AvgIpc) is 2.59. The zero-order chi connectivity index (χ0) is 18.9. The van der Waals surface area contributed by atoms with E-state index in [4.69, 9.17) is 0 Å². The normalized spacial score (nSPS) is 24.0. The van der Waals surface area contributed by atoms with Gasteiger partial charge in [0, 0.05) is 31.9 Å². The predicted octanol–water partition coefficient (Wildman–Crippen LogP) is 1.44. The summed E-state index contributed by atoms with van der Waals surface area (Å²) in [6.07, 6.45) is 2.35. The predicted molar refractivity (Wildman–Crippen MR) is 97.1 cm³/mol. The third kappa shape index (κ3) is 3.24. The number of carboxylic acid groups (broad SMARTS) is 1. The Hall–Kier alpha value is -2.25. The van der Waals surface area contributed by atoms with Crippen molar-refractivity contribution >= 4 is 11.6 Å². The van der Waals surface area contributed by atoms with Crippen molar-refractivity contribution in [2.75, 3.05) is 13.1 Å². The fourth-order valence-electron chi connectivity index (χ4n) is 3.93. The molecule has 2 N–H and O–H groups in total. The minimum Gasteiger partial charge on any atom is -0.481 e. The molecule has 0 unspecified atom stereocenters. The molecule has 7 heteroatoms. The van der Waals surface area contributed by atoms with Crippen molar-refractivity contribution in [2.45, 2.75) is 45.8 Å². The largest absolute Gasteiger partial charge is 0.481 e. The molecule has 2 aromatic heterocycles. The van der Waals surface area contributed by atoms with Crippen molar-refractivity contribution in [1.29, 1.82) is 0 Å². The van der Waals surface area contributed by atoms with Crippen molar-refractivity contribution in [1.82, 2.24) is 14.3 Å². The number of piperidine rings is 1. The van der Waals surface area contributed by atoms with Gasteiger partial charge in [-0.25, -0.2) is 4.98 Å². The Morgan fingerprint density at radius 2 is 2.23 bits per heavy atom. The lowest BCUT2D eigenvalue weighted by molar-refractivity contribution is -0.164. The molecule has 0 amide bonds. The maximum Gasteiger partial charge on any atom is 0.313 e.